The zero-order valence-electron chi connectivity index (χ0n) is 20.7. The molecule has 31 heavy (non-hydrogen) atoms. The minimum Gasteiger partial charge on any atom is -0.449 e. The molecule has 0 heterocycles. The molecule has 5 unspecified atom stereocenters. The predicted molar refractivity (Wildman–Crippen MR) is 126 cm³/mol. The van der Waals surface area contributed by atoms with Crippen molar-refractivity contribution in [2.75, 3.05) is 13.2 Å². The summed E-state index contributed by atoms with van der Waals surface area (Å²) in [6.07, 6.45) is 10.8. The number of nitrogens with one attached hydrogen (secondary N) is 2. The number of carbonyl (C=O) groups is 2. The van der Waals surface area contributed by atoms with E-state index in [9.17, 15) is 9.59 Å². The lowest BCUT2D eigenvalue weighted by molar-refractivity contribution is 0.105. The third-order valence-electron chi connectivity index (χ3n) is 6.81. The number of alkyl carbamates (subject to hydrolysis) is 2. The van der Waals surface area contributed by atoms with E-state index in [-0.39, 0.29) is 24.3 Å². The van der Waals surface area contributed by atoms with Crippen LogP contribution < -0.4 is 10.6 Å². The first kappa shape index (κ1) is 27.6. The fourth-order valence-corrected chi connectivity index (χ4v) is 4.24. The number of unbranched alkanes of at least 4 members (excludes halogenated alkanes) is 2. The largest absolute Gasteiger partial charge is 0.449 e. The summed E-state index contributed by atoms with van der Waals surface area (Å²) in [5.41, 5.74) is 0. The van der Waals surface area contributed by atoms with Crippen LogP contribution in [0.3, 0.4) is 0 Å². The van der Waals surface area contributed by atoms with Gasteiger partial charge >= 0.3 is 12.2 Å². The fraction of sp³-hybridized carbons (Fsp3) is 0.920. The lowest BCUT2D eigenvalue weighted by atomic mass is 9.83. The van der Waals surface area contributed by atoms with Gasteiger partial charge in [0.05, 0.1) is 13.2 Å². The van der Waals surface area contributed by atoms with Crippen molar-refractivity contribution in [3.05, 3.63) is 0 Å². The van der Waals surface area contributed by atoms with Gasteiger partial charge in [-0.3, -0.25) is 0 Å². The summed E-state index contributed by atoms with van der Waals surface area (Å²) in [6.45, 7) is 11.8. The van der Waals surface area contributed by atoms with Crippen molar-refractivity contribution < 1.29 is 19.1 Å². The fourth-order valence-electron chi connectivity index (χ4n) is 4.24. The van der Waals surface area contributed by atoms with Gasteiger partial charge in [-0.2, -0.15) is 0 Å². The summed E-state index contributed by atoms with van der Waals surface area (Å²) >= 11 is 0. The van der Waals surface area contributed by atoms with E-state index in [0.717, 1.165) is 51.4 Å². The molecule has 2 amide bonds. The molecule has 0 aromatic carbocycles. The number of rotatable bonds is 14. The molecule has 1 rings (SSSR count). The van der Waals surface area contributed by atoms with Crippen molar-refractivity contribution in [2.24, 2.45) is 17.8 Å². The smallest absolute Gasteiger partial charge is 0.407 e. The standard InChI is InChI=1S/C25H48N2O4/c1-6-10-12-20(8-3)17-30-24(28)26-22-15-14-19(5)23(16-22)27-25(29)31-18-21(9-4)13-11-7-2/h19-23H,6-18H2,1-5H3,(H,26,28)(H,27,29). The second-order valence-electron chi connectivity index (χ2n) is 9.41. The highest BCUT2D eigenvalue weighted by molar-refractivity contribution is 5.68. The van der Waals surface area contributed by atoms with Crippen molar-refractivity contribution >= 4 is 12.2 Å². The molecule has 1 aliphatic rings. The Morgan fingerprint density at radius 2 is 1.35 bits per heavy atom. The van der Waals surface area contributed by atoms with Crippen LogP contribution in [0.2, 0.25) is 0 Å². The lowest BCUT2D eigenvalue weighted by Crippen LogP contribution is -2.49. The Morgan fingerprint density at radius 1 is 0.839 bits per heavy atom. The average molecular weight is 441 g/mol. The summed E-state index contributed by atoms with van der Waals surface area (Å²) < 4.78 is 11.0. The Bertz CT molecular complexity index is 500. The van der Waals surface area contributed by atoms with Gasteiger partial charge in [0.25, 0.3) is 0 Å². The summed E-state index contributed by atoms with van der Waals surface area (Å²) in [7, 11) is 0. The third kappa shape index (κ3) is 11.6. The minimum atomic E-state index is -0.336. The molecule has 0 aromatic rings. The van der Waals surface area contributed by atoms with Crippen LogP contribution in [0, 0.1) is 17.8 Å². The SMILES string of the molecule is CCCCC(CC)COC(=O)NC1CCC(C)C(NC(=O)OCC(CC)CCCC)C1. The maximum absolute atomic E-state index is 12.3. The highest BCUT2D eigenvalue weighted by Crippen LogP contribution is 2.25. The van der Waals surface area contributed by atoms with Gasteiger partial charge < -0.3 is 20.1 Å². The van der Waals surface area contributed by atoms with Crippen molar-refractivity contribution in [3.63, 3.8) is 0 Å². The Hall–Kier alpha value is -1.46. The van der Waals surface area contributed by atoms with Crippen molar-refractivity contribution in [1.29, 1.82) is 0 Å². The highest BCUT2D eigenvalue weighted by Gasteiger charge is 2.30. The van der Waals surface area contributed by atoms with E-state index in [1.807, 2.05) is 0 Å². The van der Waals surface area contributed by atoms with Gasteiger partial charge in [-0.05, 0) is 49.9 Å². The van der Waals surface area contributed by atoms with Gasteiger partial charge in [0.15, 0.2) is 0 Å². The molecule has 0 aromatic heterocycles. The molecule has 0 saturated heterocycles. The molecule has 0 radical (unpaired) electrons. The van der Waals surface area contributed by atoms with Gasteiger partial charge in [-0.15, -0.1) is 0 Å². The first-order valence-corrected chi connectivity index (χ1v) is 12.8. The number of amides is 2. The normalized spacial score (nSPS) is 22.9. The van der Waals surface area contributed by atoms with E-state index in [2.05, 4.69) is 45.3 Å². The van der Waals surface area contributed by atoms with Gasteiger partial charge in [0.2, 0.25) is 0 Å². The second kappa shape index (κ2) is 16.2. The summed E-state index contributed by atoms with van der Waals surface area (Å²) in [5.74, 6) is 1.23. The monoisotopic (exact) mass is 440 g/mol. The second-order valence-corrected chi connectivity index (χ2v) is 9.41. The first-order valence-electron chi connectivity index (χ1n) is 12.8. The molecule has 2 N–H and O–H groups in total. The molecule has 0 aliphatic heterocycles. The predicted octanol–water partition coefficient (Wildman–Crippen LogP) is 6.43. The van der Waals surface area contributed by atoms with Gasteiger partial charge in [-0.1, -0.05) is 73.1 Å². The zero-order valence-corrected chi connectivity index (χ0v) is 20.7. The third-order valence-corrected chi connectivity index (χ3v) is 6.81. The molecule has 6 heteroatoms. The van der Waals surface area contributed by atoms with E-state index in [1.54, 1.807) is 0 Å². The quantitative estimate of drug-likeness (QED) is 0.326. The van der Waals surface area contributed by atoms with Gasteiger partial charge in [0, 0.05) is 12.1 Å². The van der Waals surface area contributed by atoms with Crippen molar-refractivity contribution in [2.45, 2.75) is 117 Å². The van der Waals surface area contributed by atoms with Crippen LogP contribution in [-0.4, -0.2) is 37.5 Å². The maximum atomic E-state index is 12.3. The minimum absolute atomic E-state index is 0.00946. The van der Waals surface area contributed by atoms with Crippen LogP contribution in [0.5, 0.6) is 0 Å². The van der Waals surface area contributed by atoms with Gasteiger partial charge in [-0.25, -0.2) is 9.59 Å². The molecule has 182 valence electrons. The van der Waals surface area contributed by atoms with E-state index in [4.69, 9.17) is 9.47 Å². The molecular formula is C25H48N2O4. The Morgan fingerprint density at radius 3 is 1.84 bits per heavy atom. The molecule has 1 fully saturated rings. The highest BCUT2D eigenvalue weighted by atomic mass is 16.6. The van der Waals surface area contributed by atoms with Crippen LogP contribution in [-0.2, 0) is 9.47 Å². The summed E-state index contributed by atoms with van der Waals surface area (Å²) in [4.78, 5) is 24.6. The lowest BCUT2D eigenvalue weighted by Gasteiger charge is -2.34. The molecule has 6 nitrogen and oxygen atoms in total. The van der Waals surface area contributed by atoms with E-state index >= 15 is 0 Å². The van der Waals surface area contributed by atoms with Crippen LogP contribution in [0.15, 0.2) is 0 Å². The summed E-state index contributed by atoms with van der Waals surface area (Å²) in [5, 5.41) is 6.04. The zero-order chi connectivity index (χ0) is 23.1. The Kier molecular flexibility index (Phi) is 14.4. The van der Waals surface area contributed by atoms with Crippen LogP contribution in [0.25, 0.3) is 0 Å². The van der Waals surface area contributed by atoms with Crippen LogP contribution in [0.4, 0.5) is 9.59 Å². The molecular weight excluding hydrogens is 392 g/mol. The average Bonchev–Trinajstić information content (AvgIpc) is 2.76. The molecule has 1 saturated carbocycles. The van der Waals surface area contributed by atoms with Crippen LogP contribution >= 0.6 is 0 Å². The van der Waals surface area contributed by atoms with E-state index in [1.165, 1.54) is 12.8 Å². The van der Waals surface area contributed by atoms with E-state index in [0.29, 0.717) is 37.4 Å². The van der Waals surface area contributed by atoms with Crippen molar-refractivity contribution in [3.8, 4) is 0 Å². The first-order chi connectivity index (χ1) is 14.9. The molecule has 0 bridgehead atoms. The molecule has 0 spiro atoms. The Labute approximate surface area is 190 Å². The topological polar surface area (TPSA) is 76.7 Å². The summed E-state index contributed by atoms with van der Waals surface area (Å²) in [6, 6.07) is 0.0351. The number of hydrogen-bond acceptors (Lipinski definition) is 4. The van der Waals surface area contributed by atoms with Gasteiger partial charge in [0.1, 0.15) is 0 Å². The Balaban J connectivity index is 2.39. The van der Waals surface area contributed by atoms with E-state index < -0.39 is 0 Å². The number of ether oxygens (including phenoxy) is 2. The van der Waals surface area contributed by atoms with Crippen LogP contribution in [0.1, 0.15) is 105 Å². The van der Waals surface area contributed by atoms with Crippen molar-refractivity contribution in [1.82, 2.24) is 10.6 Å². The molecule has 1 aliphatic carbocycles. The molecule has 5 atom stereocenters. The maximum Gasteiger partial charge on any atom is 0.407 e. The number of hydrogen-bond donors (Lipinski definition) is 2. The number of carbonyl (C=O) groups excluding carboxylic acids is 2.